The number of hydrogen-bond donors (Lipinski definition) is 2. The van der Waals surface area contributed by atoms with Gasteiger partial charge in [-0.05, 0) is 43.2 Å². The molecule has 4 rings (SSSR count). The Morgan fingerprint density at radius 1 is 1.29 bits per heavy atom. The molecule has 0 bridgehead atoms. The van der Waals surface area contributed by atoms with Crippen LogP contribution in [-0.4, -0.2) is 53.8 Å². The van der Waals surface area contributed by atoms with Crippen LogP contribution in [0.3, 0.4) is 0 Å². The number of esters is 1. The summed E-state index contributed by atoms with van der Waals surface area (Å²) in [4.78, 5) is 12.4. The summed E-state index contributed by atoms with van der Waals surface area (Å²) in [5.74, 6) is -0.625. The molecule has 164 valence electrons. The molecule has 0 aliphatic carbocycles. The van der Waals surface area contributed by atoms with Gasteiger partial charge in [0.1, 0.15) is 0 Å². The Labute approximate surface area is 186 Å². The van der Waals surface area contributed by atoms with Crippen molar-refractivity contribution in [2.75, 3.05) is 13.2 Å². The number of benzene rings is 2. The largest absolute Gasteiger partial charge is 0.461 e. The van der Waals surface area contributed by atoms with Gasteiger partial charge in [-0.25, -0.2) is 17.9 Å². The van der Waals surface area contributed by atoms with E-state index in [0.29, 0.717) is 18.7 Å². The second-order valence-corrected chi connectivity index (χ2v) is 10.3. The molecule has 10 heteroatoms. The van der Waals surface area contributed by atoms with Gasteiger partial charge >= 0.3 is 5.97 Å². The molecule has 3 aromatic rings. The summed E-state index contributed by atoms with van der Waals surface area (Å²) in [6.45, 7) is 4.09. The summed E-state index contributed by atoms with van der Waals surface area (Å²) in [6.07, 6.45) is 0.536. The summed E-state index contributed by atoms with van der Waals surface area (Å²) in [5.41, 5.74) is 0.359. The van der Waals surface area contributed by atoms with E-state index in [0.717, 1.165) is 10.8 Å². The van der Waals surface area contributed by atoms with Crippen molar-refractivity contribution in [3.8, 4) is 0 Å². The molecular formula is C21H24N4O4S2. The van der Waals surface area contributed by atoms with Gasteiger partial charge in [-0.15, -0.1) is 5.10 Å². The van der Waals surface area contributed by atoms with Crippen LogP contribution >= 0.6 is 12.6 Å². The first-order valence-corrected chi connectivity index (χ1v) is 12.1. The minimum Gasteiger partial charge on any atom is -0.461 e. The van der Waals surface area contributed by atoms with Crippen LogP contribution in [-0.2, 0) is 14.6 Å². The molecule has 0 saturated carbocycles. The first kappa shape index (κ1) is 21.8. The van der Waals surface area contributed by atoms with Gasteiger partial charge in [-0.1, -0.05) is 35.5 Å². The molecule has 2 aromatic carbocycles. The topological polar surface area (TPSA) is 103 Å². The number of nitrogens with zero attached hydrogens (tertiary/aromatic N) is 3. The number of sulfone groups is 1. The van der Waals surface area contributed by atoms with Crippen LogP contribution in [0.5, 0.6) is 0 Å². The molecule has 8 nitrogen and oxygen atoms in total. The van der Waals surface area contributed by atoms with E-state index in [2.05, 4.69) is 28.3 Å². The molecule has 0 amide bonds. The Hall–Kier alpha value is -2.43. The Morgan fingerprint density at radius 3 is 2.71 bits per heavy atom. The molecule has 1 aromatic heterocycles. The zero-order valence-electron chi connectivity index (χ0n) is 17.2. The van der Waals surface area contributed by atoms with Crippen molar-refractivity contribution in [3.05, 3.63) is 53.9 Å². The highest BCUT2D eigenvalue weighted by molar-refractivity contribution is 7.91. The lowest BCUT2D eigenvalue weighted by molar-refractivity contribution is 0.0518. The number of nitrogens with one attached hydrogen (secondary N) is 1. The van der Waals surface area contributed by atoms with Crippen LogP contribution in [0.1, 0.15) is 34.9 Å². The van der Waals surface area contributed by atoms with Crippen molar-refractivity contribution in [2.24, 2.45) is 0 Å². The van der Waals surface area contributed by atoms with Crippen molar-refractivity contribution < 1.29 is 17.9 Å². The number of thiol groups is 1. The number of carbonyl (C=O) groups excluding carboxylic acids is 1. The van der Waals surface area contributed by atoms with E-state index < -0.39 is 27.2 Å². The van der Waals surface area contributed by atoms with Crippen molar-refractivity contribution in [2.45, 2.75) is 41.8 Å². The molecule has 2 heterocycles. The molecule has 0 radical (unpaired) electrons. The van der Waals surface area contributed by atoms with Crippen LogP contribution in [0, 0.1) is 6.92 Å². The third-order valence-corrected chi connectivity index (χ3v) is 7.96. The number of carbonyl (C=O) groups is 1. The van der Waals surface area contributed by atoms with Gasteiger partial charge < -0.3 is 10.1 Å². The molecule has 3 unspecified atom stereocenters. The molecule has 1 aliphatic rings. The average Bonchev–Trinajstić information content (AvgIpc) is 3.34. The Morgan fingerprint density at radius 2 is 2.03 bits per heavy atom. The second kappa shape index (κ2) is 8.60. The first-order valence-electron chi connectivity index (χ1n) is 10.1. The van der Waals surface area contributed by atoms with Gasteiger partial charge in [0, 0.05) is 17.8 Å². The second-order valence-electron chi connectivity index (χ2n) is 7.54. The van der Waals surface area contributed by atoms with E-state index in [1.165, 1.54) is 4.68 Å². The summed E-state index contributed by atoms with van der Waals surface area (Å²) in [5, 5.41) is 12.0. The minimum atomic E-state index is -3.89. The quantitative estimate of drug-likeness (QED) is 0.430. The van der Waals surface area contributed by atoms with Gasteiger partial charge in [-0.2, -0.15) is 12.6 Å². The zero-order chi connectivity index (χ0) is 22.2. The number of hydrogen-bond acceptors (Lipinski definition) is 8. The fraction of sp³-hybridized carbons (Fsp3) is 0.381. The van der Waals surface area contributed by atoms with Crippen molar-refractivity contribution in [1.82, 2.24) is 20.3 Å². The van der Waals surface area contributed by atoms with E-state index >= 15 is 0 Å². The van der Waals surface area contributed by atoms with E-state index in [-0.39, 0.29) is 22.4 Å². The van der Waals surface area contributed by atoms with Crippen LogP contribution in [0.25, 0.3) is 10.8 Å². The van der Waals surface area contributed by atoms with E-state index in [1.807, 2.05) is 24.3 Å². The van der Waals surface area contributed by atoms with Gasteiger partial charge in [0.2, 0.25) is 9.84 Å². The number of ether oxygens (including phenoxy) is 1. The molecule has 1 saturated heterocycles. The molecule has 1 aliphatic heterocycles. The van der Waals surface area contributed by atoms with Crippen LogP contribution in [0.2, 0.25) is 0 Å². The van der Waals surface area contributed by atoms with E-state index in [4.69, 9.17) is 4.74 Å². The molecule has 31 heavy (non-hydrogen) atoms. The standard InChI is InChI=1S/C21H24N4O4S2/c1-3-29-21(26)19-13(2)25(24-23-19)20(18-11-16(30)12-22-18)31(27,28)17-9-8-14-6-4-5-7-15(14)10-17/h4-10,16,18,20,22,30H,3,11-12H2,1-2H3. The number of fused-ring (bicyclic) bond motifs is 1. The number of rotatable bonds is 6. The Balaban J connectivity index is 1.82. The van der Waals surface area contributed by atoms with Crippen molar-refractivity contribution >= 4 is 39.2 Å². The van der Waals surface area contributed by atoms with Gasteiger partial charge in [0.05, 0.1) is 17.2 Å². The Kier molecular flexibility index (Phi) is 6.05. The summed E-state index contributed by atoms with van der Waals surface area (Å²) >= 11 is 4.50. The normalized spacial score (nSPS) is 20.1. The highest BCUT2D eigenvalue weighted by atomic mass is 32.2. The highest BCUT2D eigenvalue weighted by Gasteiger charge is 2.42. The van der Waals surface area contributed by atoms with Gasteiger partial charge in [0.25, 0.3) is 0 Å². The summed E-state index contributed by atoms with van der Waals surface area (Å²) in [6, 6.07) is 12.2. The van der Waals surface area contributed by atoms with Gasteiger partial charge in [0.15, 0.2) is 11.1 Å². The first-order chi connectivity index (χ1) is 14.8. The minimum absolute atomic E-state index is 0.0148. The highest BCUT2D eigenvalue weighted by Crippen LogP contribution is 2.34. The third kappa shape index (κ3) is 4.07. The third-order valence-electron chi connectivity index (χ3n) is 5.49. The maximum atomic E-state index is 13.9. The predicted octanol–water partition coefficient (Wildman–Crippen LogP) is 2.55. The fourth-order valence-corrected chi connectivity index (χ4v) is 6.20. The molecule has 1 N–H and O–H groups in total. The van der Waals surface area contributed by atoms with Crippen LogP contribution < -0.4 is 5.32 Å². The van der Waals surface area contributed by atoms with Gasteiger partial charge in [-0.3, -0.25) is 0 Å². The zero-order valence-corrected chi connectivity index (χ0v) is 18.9. The smallest absolute Gasteiger partial charge is 0.360 e. The van der Waals surface area contributed by atoms with Crippen molar-refractivity contribution in [1.29, 1.82) is 0 Å². The molecular weight excluding hydrogens is 436 g/mol. The van der Waals surface area contributed by atoms with Crippen molar-refractivity contribution in [3.63, 3.8) is 0 Å². The Bertz CT molecular complexity index is 1230. The molecule has 3 atom stereocenters. The number of aromatic nitrogens is 3. The monoisotopic (exact) mass is 460 g/mol. The van der Waals surface area contributed by atoms with E-state index in [9.17, 15) is 13.2 Å². The lowest BCUT2D eigenvalue weighted by Crippen LogP contribution is -2.38. The fourth-order valence-electron chi connectivity index (χ4n) is 3.94. The van der Waals surface area contributed by atoms with Crippen LogP contribution in [0.15, 0.2) is 47.4 Å². The average molecular weight is 461 g/mol. The maximum Gasteiger partial charge on any atom is 0.360 e. The van der Waals surface area contributed by atoms with E-state index in [1.54, 1.807) is 32.0 Å². The summed E-state index contributed by atoms with van der Waals surface area (Å²) in [7, 11) is -3.89. The SMILES string of the molecule is CCOC(=O)c1nnn(C(C2CC(S)CN2)S(=O)(=O)c2ccc3ccccc3c2)c1C. The lowest BCUT2D eigenvalue weighted by Gasteiger charge is -2.25. The predicted molar refractivity (Wildman–Crippen MR) is 120 cm³/mol. The molecule has 1 fully saturated rings. The maximum absolute atomic E-state index is 13.9. The summed E-state index contributed by atoms with van der Waals surface area (Å²) < 4.78 is 34.1. The van der Waals surface area contributed by atoms with Crippen LogP contribution in [0.4, 0.5) is 0 Å². The lowest BCUT2D eigenvalue weighted by atomic mass is 10.1. The molecule has 0 spiro atoms.